The lowest BCUT2D eigenvalue weighted by atomic mass is 9.90. The monoisotopic (exact) mass is 462 g/mol. The minimum atomic E-state index is -1.64. The van der Waals surface area contributed by atoms with Gasteiger partial charge >= 0.3 is 0 Å². The summed E-state index contributed by atoms with van der Waals surface area (Å²) >= 11 is 0. The first-order valence-electron chi connectivity index (χ1n) is 9.97. The Bertz CT molecular complexity index is 1250. The van der Waals surface area contributed by atoms with E-state index in [0.29, 0.717) is 0 Å². The fraction of sp³-hybridized carbons (Fsp3) is 0.318. The number of rotatable bonds is 4. The molecule has 0 radical (unpaired) electrons. The second kappa shape index (κ2) is 8.54. The van der Waals surface area contributed by atoms with E-state index in [-0.39, 0.29) is 40.0 Å². The van der Waals surface area contributed by atoms with Crippen LogP contribution in [0.1, 0.15) is 5.56 Å². The second-order valence-electron chi connectivity index (χ2n) is 7.85. The largest absolute Gasteiger partial charge is 0.507 e. The Balaban J connectivity index is 1.85. The molecule has 2 heterocycles. The summed E-state index contributed by atoms with van der Waals surface area (Å²) in [6.07, 6.45) is -7.54. The molecule has 4 rings (SSSR count). The molecular formula is C22H22O11. The van der Waals surface area contributed by atoms with Crippen LogP contribution in [0.2, 0.25) is 0 Å². The quantitative estimate of drug-likeness (QED) is 0.236. The van der Waals surface area contributed by atoms with Crippen molar-refractivity contribution in [2.45, 2.75) is 36.9 Å². The number of phenols is 4. The van der Waals surface area contributed by atoms with Gasteiger partial charge in [0.1, 0.15) is 52.6 Å². The number of aromatic hydroxyl groups is 4. The van der Waals surface area contributed by atoms with E-state index < -0.39 is 59.8 Å². The third-order valence-corrected chi connectivity index (χ3v) is 5.72. The number of benzene rings is 2. The zero-order valence-electron chi connectivity index (χ0n) is 17.0. The van der Waals surface area contributed by atoms with E-state index in [1.807, 2.05) is 0 Å². The molecule has 176 valence electrons. The van der Waals surface area contributed by atoms with Gasteiger partial charge in [-0.05, 0) is 18.2 Å². The number of ether oxygens (including phenoxy) is 1. The number of phenolic OH excluding ortho intramolecular Hbond substituents is 4. The minimum absolute atomic E-state index is 0.0471. The zero-order chi connectivity index (χ0) is 24.0. The number of hydrogen-bond donors (Lipinski definition) is 8. The number of hydrogen-bond acceptors (Lipinski definition) is 11. The Morgan fingerprint density at radius 1 is 0.788 bits per heavy atom. The molecule has 3 aromatic rings. The smallest absolute Gasteiger partial charge is 0.197 e. The first kappa shape index (κ1) is 22.8. The van der Waals surface area contributed by atoms with Crippen molar-refractivity contribution in [3.63, 3.8) is 0 Å². The molecule has 0 saturated carbocycles. The molecule has 0 aliphatic carbocycles. The van der Waals surface area contributed by atoms with Crippen molar-refractivity contribution in [2.24, 2.45) is 0 Å². The van der Waals surface area contributed by atoms with Crippen molar-refractivity contribution in [2.75, 3.05) is 6.61 Å². The van der Waals surface area contributed by atoms with Crippen LogP contribution >= 0.6 is 0 Å². The summed E-state index contributed by atoms with van der Waals surface area (Å²) in [7, 11) is 0. The normalized spacial score (nSPS) is 25.4. The van der Waals surface area contributed by atoms with Crippen molar-refractivity contribution in [3.8, 4) is 34.3 Å². The topological polar surface area (TPSA) is 201 Å². The van der Waals surface area contributed by atoms with Crippen molar-refractivity contribution in [3.05, 3.63) is 46.1 Å². The van der Waals surface area contributed by atoms with Gasteiger partial charge in [-0.25, -0.2) is 0 Å². The lowest BCUT2D eigenvalue weighted by molar-refractivity contribution is -0.228. The number of aliphatic hydroxyl groups is 4. The van der Waals surface area contributed by atoms with E-state index in [4.69, 9.17) is 9.15 Å². The third kappa shape index (κ3) is 3.96. The Morgan fingerprint density at radius 3 is 2.15 bits per heavy atom. The number of fused-ring (bicyclic) bond motifs is 1. The van der Waals surface area contributed by atoms with Gasteiger partial charge in [0.05, 0.1) is 12.7 Å². The van der Waals surface area contributed by atoms with Gasteiger partial charge in [-0.2, -0.15) is 0 Å². The zero-order valence-corrected chi connectivity index (χ0v) is 17.0. The van der Waals surface area contributed by atoms with Crippen LogP contribution in [0.3, 0.4) is 0 Å². The van der Waals surface area contributed by atoms with E-state index in [2.05, 4.69) is 0 Å². The molecule has 5 atom stereocenters. The third-order valence-electron chi connectivity index (χ3n) is 5.72. The lowest BCUT2D eigenvalue weighted by Gasteiger charge is -2.40. The molecule has 5 unspecified atom stereocenters. The maximum absolute atomic E-state index is 12.8. The van der Waals surface area contributed by atoms with Crippen LogP contribution in [0.15, 0.2) is 39.5 Å². The molecule has 1 aliphatic rings. The highest BCUT2D eigenvalue weighted by Gasteiger charge is 2.43. The van der Waals surface area contributed by atoms with Crippen molar-refractivity contribution in [1.29, 1.82) is 0 Å². The predicted molar refractivity (Wildman–Crippen MR) is 112 cm³/mol. The summed E-state index contributed by atoms with van der Waals surface area (Å²) < 4.78 is 11.3. The van der Waals surface area contributed by atoms with Crippen LogP contribution in [-0.4, -0.2) is 78.0 Å². The number of aliphatic hydroxyl groups excluding tert-OH is 4. The molecule has 33 heavy (non-hydrogen) atoms. The molecule has 11 nitrogen and oxygen atoms in total. The molecule has 8 N–H and O–H groups in total. The highest BCUT2D eigenvalue weighted by atomic mass is 16.5. The molecular weight excluding hydrogens is 440 g/mol. The molecule has 0 amide bonds. The van der Waals surface area contributed by atoms with Crippen LogP contribution < -0.4 is 5.43 Å². The van der Waals surface area contributed by atoms with Gasteiger partial charge in [0.25, 0.3) is 0 Å². The summed E-state index contributed by atoms with van der Waals surface area (Å²) in [6.45, 7) is -0.646. The first-order valence-corrected chi connectivity index (χ1v) is 9.97. The van der Waals surface area contributed by atoms with E-state index in [9.17, 15) is 45.6 Å². The van der Waals surface area contributed by atoms with Crippen molar-refractivity contribution in [1.82, 2.24) is 0 Å². The Labute approximate surface area is 185 Å². The van der Waals surface area contributed by atoms with Crippen molar-refractivity contribution >= 4 is 11.0 Å². The lowest BCUT2D eigenvalue weighted by Crippen LogP contribution is -2.59. The maximum Gasteiger partial charge on any atom is 0.197 e. The van der Waals surface area contributed by atoms with E-state index in [1.54, 1.807) is 0 Å². The molecule has 1 fully saturated rings. The van der Waals surface area contributed by atoms with Gasteiger partial charge in [0, 0.05) is 29.7 Å². The van der Waals surface area contributed by atoms with Gasteiger partial charge in [-0.1, -0.05) is 0 Å². The highest BCUT2D eigenvalue weighted by molar-refractivity contribution is 5.89. The Morgan fingerprint density at radius 2 is 1.48 bits per heavy atom. The molecule has 1 aromatic heterocycles. The second-order valence-corrected chi connectivity index (χ2v) is 7.85. The van der Waals surface area contributed by atoms with Crippen LogP contribution in [-0.2, 0) is 11.2 Å². The van der Waals surface area contributed by atoms with Crippen LogP contribution in [0, 0.1) is 0 Å². The van der Waals surface area contributed by atoms with Crippen LogP contribution in [0.4, 0.5) is 0 Å². The minimum Gasteiger partial charge on any atom is -0.507 e. The SMILES string of the molecule is O=c1cc(-c2ccc(O)c(O)c2)oc2c(CC3OC(CO)C(O)C(O)C3O)c(O)cc(O)c12. The molecule has 11 heteroatoms. The fourth-order valence-corrected chi connectivity index (χ4v) is 3.92. The van der Waals surface area contributed by atoms with Gasteiger partial charge < -0.3 is 50.0 Å². The first-order chi connectivity index (χ1) is 15.6. The summed E-state index contributed by atoms with van der Waals surface area (Å²) in [5.41, 5.74) is -0.745. The van der Waals surface area contributed by atoms with Crippen LogP contribution in [0.5, 0.6) is 23.0 Å². The average Bonchev–Trinajstić information content (AvgIpc) is 2.77. The Hall–Kier alpha value is -3.35. The van der Waals surface area contributed by atoms with Gasteiger partial charge in [-0.15, -0.1) is 0 Å². The maximum atomic E-state index is 12.8. The van der Waals surface area contributed by atoms with Crippen LogP contribution in [0.25, 0.3) is 22.3 Å². The highest BCUT2D eigenvalue weighted by Crippen LogP contribution is 2.38. The van der Waals surface area contributed by atoms with Gasteiger partial charge in [0.15, 0.2) is 16.9 Å². The predicted octanol–water partition coefficient (Wildman–Crippen LogP) is -0.333. The fourth-order valence-electron chi connectivity index (χ4n) is 3.92. The van der Waals surface area contributed by atoms with E-state index in [0.717, 1.165) is 18.2 Å². The molecule has 0 bridgehead atoms. The molecule has 0 spiro atoms. The van der Waals surface area contributed by atoms with Gasteiger partial charge in [0.2, 0.25) is 0 Å². The average molecular weight is 462 g/mol. The summed E-state index contributed by atoms with van der Waals surface area (Å²) in [5.74, 6) is -1.96. The molecule has 1 saturated heterocycles. The van der Waals surface area contributed by atoms with E-state index in [1.165, 1.54) is 12.1 Å². The summed E-state index contributed by atoms with van der Waals surface area (Å²) in [6, 6.07) is 5.69. The van der Waals surface area contributed by atoms with Crippen molar-refractivity contribution < 1.29 is 50.0 Å². The Kier molecular flexibility index (Phi) is 5.91. The van der Waals surface area contributed by atoms with E-state index >= 15 is 0 Å². The molecule has 2 aromatic carbocycles. The standard InChI is InChI=1S/C22H22O11/c23-7-17-20(30)21(31)19(29)16(32-17)4-9-11(25)5-13(27)18-14(28)6-15(33-22(9)18)8-1-2-10(24)12(26)3-8/h1-3,5-6,16-17,19-21,23-27,29-31H,4,7H2. The van der Waals surface area contributed by atoms with Gasteiger partial charge in [-0.3, -0.25) is 4.79 Å². The molecule has 1 aliphatic heterocycles. The summed E-state index contributed by atoms with van der Waals surface area (Å²) in [4.78, 5) is 12.8. The summed E-state index contributed by atoms with van der Waals surface area (Å²) in [5, 5.41) is 79.5.